The van der Waals surface area contributed by atoms with E-state index in [1.165, 1.54) is 0 Å². The smallest absolute Gasteiger partial charge is 0.304 e. The third-order valence-electron chi connectivity index (χ3n) is 3.77. The van der Waals surface area contributed by atoms with E-state index >= 15 is 0 Å². The van der Waals surface area contributed by atoms with Crippen LogP contribution in [0.5, 0.6) is 0 Å². The highest BCUT2D eigenvalue weighted by Gasteiger charge is 2.28. The Balaban J connectivity index is 2.18. The van der Waals surface area contributed by atoms with Crippen molar-refractivity contribution in [3.63, 3.8) is 0 Å². The number of carboxylic acids is 1. The minimum atomic E-state index is -0.996. The zero-order valence-corrected chi connectivity index (χ0v) is 13.5. The van der Waals surface area contributed by atoms with Crippen LogP contribution in [0.15, 0.2) is 54.6 Å². The van der Waals surface area contributed by atoms with Crippen molar-refractivity contribution >= 4 is 29.2 Å². The van der Waals surface area contributed by atoms with Gasteiger partial charge in [-0.15, -0.1) is 0 Å². The van der Waals surface area contributed by atoms with Gasteiger partial charge in [0.1, 0.15) is 0 Å². The second kappa shape index (κ2) is 7.79. The number of amides is 1. The van der Waals surface area contributed by atoms with Gasteiger partial charge in [0.2, 0.25) is 5.91 Å². The number of aliphatic carboxylic acids is 1. The van der Waals surface area contributed by atoms with Crippen LogP contribution in [0.3, 0.4) is 0 Å². The molecule has 0 saturated carbocycles. The van der Waals surface area contributed by atoms with E-state index in [-0.39, 0.29) is 18.2 Å². The Kier molecular flexibility index (Phi) is 5.77. The largest absolute Gasteiger partial charge is 0.481 e. The quantitative estimate of drug-likeness (QED) is 0.834. The van der Waals surface area contributed by atoms with Crippen LogP contribution in [0.2, 0.25) is 5.02 Å². The van der Waals surface area contributed by atoms with Crippen LogP contribution in [-0.4, -0.2) is 17.0 Å². The first kappa shape index (κ1) is 17.0. The summed E-state index contributed by atoms with van der Waals surface area (Å²) in [6.45, 7) is 1.87. The molecule has 0 aliphatic rings. The molecule has 23 heavy (non-hydrogen) atoms. The molecule has 0 spiro atoms. The van der Waals surface area contributed by atoms with Gasteiger partial charge >= 0.3 is 5.97 Å². The molecule has 4 nitrogen and oxygen atoms in total. The summed E-state index contributed by atoms with van der Waals surface area (Å²) < 4.78 is 0. The predicted molar refractivity (Wildman–Crippen MR) is 90.7 cm³/mol. The number of rotatable bonds is 6. The molecule has 5 heteroatoms. The Morgan fingerprint density at radius 1 is 1.09 bits per heavy atom. The van der Waals surface area contributed by atoms with Crippen LogP contribution in [-0.2, 0) is 9.59 Å². The molecule has 0 saturated heterocycles. The summed E-state index contributed by atoms with van der Waals surface area (Å²) in [7, 11) is 0. The van der Waals surface area contributed by atoms with Crippen molar-refractivity contribution in [2.45, 2.75) is 19.3 Å². The molecule has 0 aromatic heterocycles. The summed E-state index contributed by atoms with van der Waals surface area (Å²) in [5.41, 5.74) is 1.53. The van der Waals surface area contributed by atoms with Gasteiger partial charge in [-0.05, 0) is 35.7 Å². The lowest BCUT2D eigenvalue weighted by Gasteiger charge is -2.22. The monoisotopic (exact) mass is 331 g/mol. The highest BCUT2D eigenvalue weighted by molar-refractivity contribution is 6.30. The standard InChI is InChI=1S/C18H18ClNO3/c1-12(13-5-3-2-4-6-13)16(11-17(21)22)18(23)20-15-9-7-14(19)8-10-15/h2-10,12,16H,11H2,1H3,(H,20,23)(H,21,22)/t12-,16-/m1/s1. The lowest BCUT2D eigenvalue weighted by atomic mass is 9.84. The van der Waals surface area contributed by atoms with Crippen molar-refractivity contribution in [1.82, 2.24) is 0 Å². The maximum absolute atomic E-state index is 12.5. The van der Waals surface area contributed by atoms with E-state index in [9.17, 15) is 9.59 Å². The Bertz CT molecular complexity index is 670. The lowest BCUT2D eigenvalue weighted by Crippen LogP contribution is -2.29. The molecule has 0 unspecified atom stereocenters. The second-order valence-electron chi connectivity index (χ2n) is 5.40. The molecule has 2 aromatic rings. The van der Waals surface area contributed by atoms with Gasteiger partial charge in [0, 0.05) is 10.7 Å². The summed E-state index contributed by atoms with van der Waals surface area (Å²) in [5.74, 6) is -2.18. The number of benzene rings is 2. The maximum atomic E-state index is 12.5. The van der Waals surface area contributed by atoms with Crippen molar-refractivity contribution < 1.29 is 14.7 Å². The fraction of sp³-hybridized carbons (Fsp3) is 0.222. The average Bonchev–Trinajstić information content (AvgIpc) is 2.54. The molecule has 0 aliphatic heterocycles. The van der Waals surface area contributed by atoms with Crippen LogP contribution >= 0.6 is 11.6 Å². The number of carbonyl (C=O) groups excluding carboxylic acids is 1. The number of carbonyl (C=O) groups is 2. The van der Waals surface area contributed by atoms with Gasteiger partial charge in [-0.3, -0.25) is 9.59 Å². The normalized spacial score (nSPS) is 13.1. The fourth-order valence-electron chi connectivity index (χ4n) is 2.44. The first-order valence-electron chi connectivity index (χ1n) is 7.30. The molecule has 0 aliphatic carbocycles. The van der Waals surface area contributed by atoms with Crippen molar-refractivity contribution in [3.8, 4) is 0 Å². The minimum absolute atomic E-state index is 0.209. The summed E-state index contributed by atoms with van der Waals surface area (Å²) in [4.78, 5) is 23.7. The van der Waals surface area contributed by atoms with Gasteiger partial charge in [-0.25, -0.2) is 0 Å². The summed E-state index contributed by atoms with van der Waals surface area (Å²) in [5, 5.41) is 12.5. The van der Waals surface area contributed by atoms with Gasteiger partial charge in [-0.1, -0.05) is 48.9 Å². The highest BCUT2D eigenvalue weighted by atomic mass is 35.5. The molecular weight excluding hydrogens is 314 g/mol. The zero-order chi connectivity index (χ0) is 16.8. The van der Waals surface area contributed by atoms with E-state index in [2.05, 4.69) is 5.32 Å². The Morgan fingerprint density at radius 2 is 1.70 bits per heavy atom. The van der Waals surface area contributed by atoms with Crippen LogP contribution in [0, 0.1) is 5.92 Å². The number of anilines is 1. The summed E-state index contributed by atoms with van der Waals surface area (Å²) in [6, 6.07) is 16.1. The number of nitrogens with one attached hydrogen (secondary N) is 1. The van der Waals surface area contributed by atoms with E-state index in [0.717, 1.165) is 5.56 Å². The second-order valence-corrected chi connectivity index (χ2v) is 5.84. The van der Waals surface area contributed by atoms with Crippen LogP contribution in [0.25, 0.3) is 0 Å². The predicted octanol–water partition coefficient (Wildman–Crippen LogP) is 4.17. The fourth-order valence-corrected chi connectivity index (χ4v) is 2.57. The number of hydrogen-bond donors (Lipinski definition) is 2. The Labute approximate surface area is 140 Å². The van der Waals surface area contributed by atoms with Crippen molar-refractivity contribution in [1.29, 1.82) is 0 Å². The van der Waals surface area contributed by atoms with E-state index < -0.39 is 11.9 Å². The number of halogens is 1. The van der Waals surface area contributed by atoms with Crippen LogP contribution < -0.4 is 5.32 Å². The molecule has 2 N–H and O–H groups in total. The highest BCUT2D eigenvalue weighted by Crippen LogP contribution is 2.28. The topological polar surface area (TPSA) is 66.4 Å². The molecule has 0 radical (unpaired) electrons. The first-order valence-corrected chi connectivity index (χ1v) is 7.68. The molecule has 0 heterocycles. The van der Waals surface area contributed by atoms with Gasteiger partial charge < -0.3 is 10.4 Å². The van der Waals surface area contributed by atoms with E-state index in [0.29, 0.717) is 10.7 Å². The van der Waals surface area contributed by atoms with Crippen LogP contribution in [0.1, 0.15) is 24.8 Å². The van der Waals surface area contributed by atoms with Crippen molar-refractivity contribution in [2.24, 2.45) is 5.92 Å². The molecule has 2 atom stereocenters. The van der Waals surface area contributed by atoms with Crippen molar-refractivity contribution in [3.05, 3.63) is 65.2 Å². The van der Waals surface area contributed by atoms with Gasteiger partial charge in [0.05, 0.1) is 12.3 Å². The zero-order valence-electron chi connectivity index (χ0n) is 12.7. The Morgan fingerprint density at radius 3 is 2.26 bits per heavy atom. The molecule has 1 amide bonds. The van der Waals surface area contributed by atoms with Crippen LogP contribution in [0.4, 0.5) is 5.69 Å². The van der Waals surface area contributed by atoms with Gasteiger partial charge in [0.25, 0.3) is 0 Å². The SMILES string of the molecule is C[C@H](c1ccccc1)[C@@H](CC(=O)O)C(=O)Nc1ccc(Cl)cc1. The van der Waals surface area contributed by atoms with E-state index in [1.54, 1.807) is 24.3 Å². The van der Waals surface area contributed by atoms with Gasteiger partial charge in [-0.2, -0.15) is 0 Å². The number of carboxylic acid groups (broad SMARTS) is 1. The lowest BCUT2D eigenvalue weighted by molar-refractivity contribution is -0.140. The third-order valence-corrected chi connectivity index (χ3v) is 4.02. The third kappa shape index (κ3) is 4.83. The molecule has 2 aromatic carbocycles. The van der Waals surface area contributed by atoms with E-state index in [4.69, 9.17) is 16.7 Å². The van der Waals surface area contributed by atoms with Gasteiger partial charge in [0.15, 0.2) is 0 Å². The summed E-state index contributed by atoms with van der Waals surface area (Å²) in [6.07, 6.45) is -0.227. The maximum Gasteiger partial charge on any atom is 0.304 e. The van der Waals surface area contributed by atoms with E-state index in [1.807, 2.05) is 37.3 Å². The average molecular weight is 332 g/mol. The molecule has 0 fully saturated rings. The molecular formula is C18H18ClNO3. The number of hydrogen-bond acceptors (Lipinski definition) is 2. The minimum Gasteiger partial charge on any atom is -0.481 e. The summed E-state index contributed by atoms with van der Waals surface area (Å²) >= 11 is 5.82. The molecule has 120 valence electrons. The van der Waals surface area contributed by atoms with Crippen molar-refractivity contribution in [2.75, 3.05) is 5.32 Å². The molecule has 2 rings (SSSR count). The first-order chi connectivity index (χ1) is 11.0. The molecule has 0 bridgehead atoms. The Hall–Kier alpha value is -2.33.